The summed E-state index contributed by atoms with van der Waals surface area (Å²) in [6.45, 7) is 6.51. The fourth-order valence-electron chi connectivity index (χ4n) is 6.68. The van der Waals surface area contributed by atoms with Gasteiger partial charge in [-0.15, -0.1) is 0 Å². The highest BCUT2D eigenvalue weighted by Crippen LogP contribution is 2.47. The molecular formula is C45H85N2O6P. The lowest BCUT2D eigenvalue weighted by molar-refractivity contribution is -0.179. The minimum Gasteiger partial charge on any atom is -0.347 e. The Bertz CT molecular complexity index is 947. The molecule has 0 aromatic rings. The highest BCUT2D eigenvalue weighted by molar-refractivity contribution is 7.48. The van der Waals surface area contributed by atoms with Crippen molar-refractivity contribution in [2.24, 2.45) is 0 Å². The Morgan fingerprint density at radius 2 is 1.07 bits per heavy atom. The summed E-state index contributed by atoms with van der Waals surface area (Å²) in [7, 11) is 1.11. The molecule has 54 heavy (non-hydrogen) atoms. The summed E-state index contributed by atoms with van der Waals surface area (Å²) in [5.41, 5.74) is 3.39. The second-order valence-corrected chi connectivity index (χ2v) is 16.9. The average Bonchev–Trinajstić information content (AvgIpc) is 3.59. The first kappa shape index (κ1) is 50.9. The van der Waals surface area contributed by atoms with Gasteiger partial charge in [-0.1, -0.05) is 140 Å². The van der Waals surface area contributed by atoms with Gasteiger partial charge in [-0.2, -0.15) is 0 Å². The van der Waals surface area contributed by atoms with Crippen LogP contribution in [-0.4, -0.2) is 64.5 Å². The van der Waals surface area contributed by atoms with Crippen LogP contribution in [-0.2, 0) is 27.6 Å². The normalized spacial score (nSPS) is 16.5. The van der Waals surface area contributed by atoms with Gasteiger partial charge in [0.25, 0.3) is 0 Å². The van der Waals surface area contributed by atoms with Crippen molar-refractivity contribution in [3.8, 4) is 0 Å². The van der Waals surface area contributed by atoms with Crippen LogP contribution in [0.3, 0.4) is 0 Å². The van der Waals surface area contributed by atoms with Gasteiger partial charge < -0.3 is 9.47 Å². The fraction of sp³-hybridized carbons (Fsp3) is 0.822. The van der Waals surface area contributed by atoms with Gasteiger partial charge in [-0.25, -0.2) is 9.57 Å². The molecule has 1 aliphatic heterocycles. The van der Waals surface area contributed by atoms with E-state index in [4.69, 9.17) is 23.0 Å². The monoisotopic (exact) mass is 781 g/mol. The number of hydrazine groups is 1. The Labute approximate surface area is 333 Å². The molecule has 1 aliphatic rings. The van der Waals surface area contributed by atoms with Crippen molar-refractivity contribution in [2.75, 3.05) is 47.6 Å². The highest BCUT2D eigenvalue weighted by Gasteiger charge is 2.40. The number of allylic oxidation sites excluding steroid dienone is 8. The number of nitrogens with zero attached hydrogens (tertiary/aromatic N) is 1. The molecular weight excluding hydrogens is 695 g/mol. The number of phosphoric ester groups is 1. The summed E-state index contributed by atoms with van der Waals surface area (Å²) in [6, 6.07) is 0. The van der Waals surface area contributed by atoms with E-state index in [1.165, 1.54) is 143 Å². The summed E-state index contributed by atoms with van der Waals surface area (Å²) >= 11 is 0. The van der Waals surface area contributed by atoms with Crippen molar-refractivity contribution in [1.29, 1.82) is 0 Å². The molecule has 0 unspecified atom stereocenters. The maximum absolute atomic E-state index is 12.1. The third-order valence-corrected chi connectivity index (χ3v) is 11.5. The molecule has 0 aliphatic carbocycles. The molecule has 1 N–H and O–H groups in total. The number of hydrogen-bond donors (Lipinski definition) is 1. The van der Waals surface area contributed by atoms with Crippen molar-refractivity contribution in [3.63, 3.8) is 0 Å². The molecule has 0 saturated carbocycles. The van der Waals surface area contributed by atoms with E-state index in [1.54, 1.807) is 0 Å². The molecule has 0 spiro atoms. The molecule has 1 saturated heterocycles. The van der Waals surface area contributed by atoms with Crippen LogP contribution in [0.4, 0.5) is 0 Å². The Morgan fingerprint density at radius 1 is 0.648 bits per heavy atom. The predicted octanol–water partition coefficient (Wildman–Crippen LogP) is 13.4. The van der Waals surface area contributed by atoms with Gasteiger partial charge in [-0.05, 0) is 77.0 Å². The second kappa shape index (κ2) is 36.3. The lowest BCUT2D eigenvalue weighted by atomic mass is 9.98. The van der Waals surface area contributed by atoms with Crippen molar-refractivity contribution in [1.82, 2.24) is 10.4 Å². The summed E-state index contributed by atoms with van der Waals surface area (Å²) in [5, 5.41) is 1.92. The zero-order chi connectivity index (χ0) is 39.3. The lowest BCUT2D eigenvalue weighted by Crippen LogP contribution is -2.42. The molecule has 9 heteroatoms. The number of likely N-dealkylation sites (N-methyl/N-ethyl adjacent to an activating group) is 1. The molecule has 1 atom stereocenters. The van der Waals surface area contributed by atoms with Crippen LogP contribution in [0.15, 0.2) is 48.6 Å². The Hall–Kier alpha value is -1.09. The number of ether oxygens (including phenoxy) is 2. The van der Waals surface area contributed by atoms with Crippen LogP contribution < -0.4 is 5.43 Å². The van der Waals surface area contributed by atoms with Gasteiger partial charge in [0, 0.05) is 47.2 Å². The van der Waals surface area contributed by atoms with Gasteiger partial charge >= 0.3 is 7.82 Å². The Balaban J connectivity index is 2.36. The van der Waals surface area contributed by atoms with E-state index in [-0.39, 0.29) is 12.7 Å². The first-order valence-corrected chi connectivity index (χ1v) is 23.6. The van der Waals surface area contributed by atoms with Gasteiger partial charge in [0.2, 0.25) is 0 Å². The van der Waals surface area contributed by atoms with Crippen molar-refractivity contribution >= 4 is 7.82 Å². The van der Waals surface area contributed by atoms with E-state index >= 15 is 0 Å². The van der Waals surface area contributed by atoms with E-state index in [1.807, 2.05) is 12.1 Å². The molecule has 0 aromatic heterocycles. The van der Waals surface area contributed by atoms with E-state index < -0.39 is 13.6 Å². The average molecular weight is 781 g/mol. The van der Waals surface area contributed by atoms with Crippen molar-refractivity contribution in [2.45, 2.75) is 193 Å². The van der Waals surface area contributed by atoms with Gasteiger partial charge in [0.1, 0.15) is 0 Å². The summed E-state index contributed by atoms with van der Waals surface area (Å²) < 4.78 is 40.3. The first-order chi connectivity index (χ1) is 26.4. The minimum atomic E-state index is -3.47. The molecule has 0 bridgehead atoms. The van der Waals surface area contributed by atoms with Crippen LogP contribution in [0.2, 0.25) is 0 Å². The lowest BCUT2D eigenvalue weighted by Gasteiger charge is -2.29. The minimum absolute atomic E-state index is 0.00776. The smallest absolute Gasteiger partial charge is 0.347 e. The Kier molecular flexibility index (Phi) is 34.2. The molecule has 1 heterocycles. The standard InChI is InChI=1S/C45H85N2O6P/c1-6-8-10-12-14-16-18-20-22-24-26-28-30-32-34-36-38-45(39-37-35-33-31-29-27-25-23-21-19-17-15-13-11-9-7-2)51-43-44(53-45)42-46-47(3)40-41-52-54(48,49-4)50-5/h14-17,20-23,44,46H,6-13,18-19,24-43H2,1-5H3/b16-14-,17-15-,22-20-,23-21-/t44-/m0/s1. The van der Waals surface area contributed by atoms with Crippen LogP contribution in [0.1, 0.15) is 181 Å². The van der Waals surface area contributed by atoms with Crippen molar-refractivity contribution in [3.05, 3.63) is 48.6 Å². The molecule has 1 fully saturated rings. The number of phosphoric acid groups is 1. The molecule has 316 valence electrons. The number of rotatable bonds is 39. The first-order valence-electron chi connectivity index (χ1n) is 22.1. The summed E-state index contributed by atoms with van der Waals surface area (Å²) in [5.74, 6) is -0.470. The van der Waals surface area contributed by atoms with Gasteiger partial charge in [0.05, 0.1) is 19.3 Å². The van der Waals surface area contributed by atoms with Gasteiger partial charge in [-0.3, -0.25) is 19.0 Å². The van der Waals surface area contributed by atoms with E-state index in [9.17, 15) is 4.57 Å². The molecule has 1 rings (SSSR count). The van der Waals surface area contributed by atoms with E-state index in [0.717, 1.165) is 38.5 Å². The predicted molar refractivity (Wildman–Crippen MR) is 230 cm³/mol. The fourth-order valence-corrected chi connectivity index (χ4v) is 7.34. The number of hydrogen-bond acceptors (Lipinski definition) is 8. The number of nitrogens with one attached hydrogen (secondary N) is 1. The number of unbranched alkanes of at least 4 members (excludes halogenated alkanes) is 18. The molecule has 0 amide bonds. The maximum Gasteiger partial charge on any atom is 0.474 e. The van der Waals surface area contributed by atoms with Crippen LogP contribution in [0.5, 0.6) is 0 Å². The van der Waals surface area contributed by atoms with E-state index in [2.05, 4.69) is 67.9 Å². The van der Waals surface area contributed by atoms with Crippen molar-refractivity contribution < 1.29 is 27.6 Å². The van der Waals surface area contributed by atoms with Crippen LogP contribution in [0, 0.1) is 0 Å². The second-order valence-electron chi connectivity index (χ2n) is 15.1. The largest absolute Gasteiger partial charge is 0.474 e. The molecule has 8 nitrogen and oxygen atoms in total. The van der Waals surface area contributed by atoms with Crippen LogP contribution >= 0.6 is 7.82 Å². The molecule has 0 radical (unpaired) electrons. The summed E-state index contributed by atoms with van der Waals surface area (Å²) in [4.78, 5) is 0. The maximum atomic E-state index is 12.1. The van der Waals surface area contributed by atoms with E-state index in [0.29, 0.717) is 19.7 Å². The zero-order valence-corrected chi connectivity index (χ0v) is 36.6. The topological polar surface area (TPSA) is 78.5 Å². The van der Waals surface area contributed by atoms with Gasteiger partial charge in [0.15, 0.2) is 5.79 Å². The highest BCUT2D eigenvalue weighted by atomic mass is 31.2. The van der Waals surface area contributed by atoms with Crippen LogP contribution in [0.25, 0.3) is 0 Å². The SMILES string of the molecule is CCCCC/C=C\C/C=C\CCCCCCCCC1(CCCCCCCC/C=C\C/C=C\CCCCC)OC[C@H](CNN(C)CCOP(=O)(OC)OC)O1. The zero-order valence-electron chi connectivity index (χ0n) is 35.8. The molecule has 0 aromatic carbocycles. The Morgan fingerprint density at radius 3 is 1.52 bits per heavy atom. The third kappa shape index (κ3) is 29.2. The quantitative estimate of drug-likeness (QED) is 0.0286. The summed E-state index contributed by atoms with van der Waals surface area (Å²) in [6.07, 6.45) is 50.6. The third-order valence-electron chi connectivity index (χ3n) is 10.1.